The van der Waals surface area contributed by atoms with Crippen molar-refractivity contribution >= 4 is 11.7 Å². The Kier molecular flexibility index (Phi) is 6.92. The maximum atomic E-state index is 12.2. The average molecular weight is 283 g/mol. The molecule has 3 heteroatoms. The maximum Gasteiger partial charge on any atom is 0.225 e. The third-order valence-electron chi connectivity index (χ3n) is 3.38. The lowest BCUT2D eigenvalue weighted by molar-refractivity contribution is -0.130. The summed E-state index contributed by atoms with van der Waals surface area (Å²) in [4.78, 5) is 24.3. The van der Waals surface area contributed by atoms with Crippen LogP contribution in [0, 0.1) is 16.7 Å². The van der Waals surface area contributed by atoms with E-state index in [1.165, 1.54) is 0 Å². The van der Waals surface area contributed by atoms with Crippen molar-refractivity contribution in [3.63, 3.8) is 0 Å². The lowest BCUT2D eigenvalue weighted by Crippen LogP contribution is -2.43. The molecule has 0 unspecified atom stereocenters. The summed E-state index contributed by atoms with van der Waals surface area (Å²) in [6.07, 6.45) is 2.31. The van der Waals surface area contributed by atoms with Gasteiger partial charge in [-0.05, 0) is 18.8 Å². The van der Waals surface area contributed by atoms with Gasteiger partial charge in [0.1, 0.15) is 5.78 Å². The number of hydrogen-bond donors (Lipinski definition) is 1. The van der Waals surface area contributed by atoms with Crippen molar-refractivity contribution in [3.8, 4) is 0 Å². The van der Waals surface area contributed by atoms with Gasteiger partial charge in [-0.25, -0.2) is 0 Å². The van der Waals surface area contributed by atoms with Crippen molar-refractivity contribution in [2.75, 3.05) is 0 Å². The number of hydrogen-bond acceptors (Lipinski definition) is 2. The number of ketones is 1. The van der Waals surface area contributed by atoms with Crippen LogP contribution in [0.5, 0.6) is 0 Å². The minimum absolute atomic E-state index is 0.0213. The molecule has 1 N–H and O–H groups in total. The zero-order valence-electron chi connectivity index (χ0n) is 14.6. The molecule has 1 amide bonds. The van der Waals surface area contributed by atoms with Crippen molar-refractivity contribution in [1.29, 1.82) is 0 Å². The molecule has 0 fully saturated rings. The van der Waals surface area contributed by atoms with Crippen LogP contribution in [0.2, 0.25) is 0 Å². The van der Waals surface area contributed by atoms with Crippen LogP contribution in [0.25, 0.3) is 0 Å². The molecule has 0 aromatic rings. The van der Waals surface area contributed by atoms with Crippen LogP contribution in [-0.2, 0) is 9.59 Å². The summed E-state index contributed by atoms with van der Waals surface area (Å²) in [5, 5.41) is 3.06. The molecule has 0 radical (unpaired) electrons. The van der Waals surface area contributed by atoms with E-state index in [-0.39, 0.29) is 23.1 Å². The fourth-order valence-electron chi connectivity index (χ4n) is 1.69. The molecule has 0 saturated heterocycles. The quantitative estimate of drug-likeness (QED) is 0.802. The molecule has 0 spiro atoms. The highest BCUT2D eigenvalue weighted by Crippen LogP contribution is 2.21. The van der Waals surface area contributed by atoms with Gasteiger partial charge in [0.05, 0.1) is 0 Å². The van der Waals surface area contributed by atoms with Gasteiger partial charge in [-0.2, -0.15) is 0 Å². The van der Waals surface area contributed by atoms with Crippen LogP contribution in [0.3, 0.4) is 0 Å². The van der Waals surface area contributed by atoms with E-state index in [0.29, 0.717) is 12.3 Å². The van der Waals surface area contributed by atoms with Gasteiger partial charge in [0.25, 0.3) is 0 Å². The maximum absolute atomic E-state index is 12.2. The second kappa shape index (κ2) is 7.24. The number of nitrogens with one attached hydrogen (secondary N) is 1. The minimum Gasteiger partial charge on any atom is -0.352 e. The first-order valence-corrected chi connectivity index (χ1v) is 7.68. The first-order valence-electron chi connectivity index (χ1n) is 7.68. The largest absolute Gasteiger partial charge is 0.352 e. The number of Topliss-reactive ketones (excluding diaryl/α,β-unsaturated/α-hetero) is 1. The Morgan fingerprint density at radius 1 is 0.900 bits per heavy atom. The number of rotatable bonds is 6. The van der Waals surface area contributed by atoms with E-state index in [0.717, 1.165) is 12.8 Å². The van der Waals surface area contributed by atoms with Gasteiger partial charge >= 0.3 is 0 Å². The van der Waals surface area contributed by atoms with Gasteiger partial charge < -0.3 is 5.32 Å². The molecular weight excluding hydrogens is 250 g/mol. The van der Waals surface area contributed by atoms with Crippen molar-refractivity contribution in [3.05, 3.63) is 0 Å². The molecule has 0 heterocycles. The topological polar surface area (TPSA) is 46.2 Å². The van der Waals surface area contributed by atoms with E-state index in [1.54, 1.807) is 0 Å². The van der Waals surface area contributed by atoms with Crippen LogP contribution >= 0.6 is 0 Å². The predicted octanol–water partition coefficient (Wildman–Crippen LogP) is 3.96. The number of carbonyl (C=O) groups is 2. The SMILES string of the molecule is CC(C)CC[C@@H](CC(=O)C(C)(C)C)NC(=O)C(C)(C)C. The highest BCUT2D eigenvalue weighted by atomic mass is 16.2. The van der Waals surface area contributed by atoms with Crippen molar-refractivity contribution < 1.29 is 9.59 Å². The van der Waals surface area contributed by atoms with Crippen LogP contribution in [0.1, 0.15) is 74.7 Å². The summed E-state index contributed by atoms with van der Waals surface area (Å²) < 4.78 is 0. The van der Waals surface area contributed by atoms with Gasteiger partial charge in [-0.3, -0.25) is 9.59 Å². The van der Waals surface area contributed by atoms with Crippen LogP contribution in [-0.4, -0.2) is 17.7 Å². The molecule has 20 heavy (non-hydrogen) atoms. The fraction of sp³-hybridized carbons (Fsp3) is 0.882. The van der Waals surface area contributed by atoms with Crippen LogP contribution in [0.4, 0.5) is 0 Å². The van der Waals surface area contributed by atoms with Crippen molar-refractivity contribution in [2.24, 2.45) is 16.7 Å². The highest BCUT2D eigenvalue weighted by Gasteiger charge is 2.28. The van der Waals surface area contributed by atoms with Crippen molar-refractivity contribution in [2.45, 2.75) is 80.7 Å². The Labute approximate surface area is 124 Å². The molecule has 0 aromatic heterocycles. The molecule has 0 aliphatic rings. The third-order valence-corrected chi connectivity index (χ3v) is 3.38. The molecular formula is C17H33NO2. The van der Waals surface area contributed by atoms with Gasteiger partial charge in [-0.1, -0.05) is 55.4 Å². The van der Waals surface area contributed by atoms with E-state index >= 15 is 0 Å². The summed E-state index contributed by atoms with van der Waals surface area (Å²) in [5.41, 5.74) is -0.761. The fourth-order valence-corrected chi connectivity index (χ4v) is 1.69. The Morgan fingerprint density at radius 2 is 1.40 bits per heavy atom. The second-order valence-electron chi connectivity index (χ2n) is 8.27. The Bertz CT molecular complexity index is 304. The van der Waals surface area contributed by atoms with Gasteiger partial charge in [0.2, 0.25) is 5.91 Å². The molecule has 0 bridgehead atoms. The highest BCUT2D eigenvalue weighted by molar-refractivity contribution is 5.86. The zero-order valence-corrected chi connectivity index (χ0v) is 14.6. The molecule has 0 aromatic carbocycles. The second-order valence-corrected chi connectivity index (χ2v) is 8.27. The number of amides is 1. The molecule has 0 aliphatic carbocycles. The lowest BCUT2D eigenvalue weighted by atomic mass is 9.85. The first-order chi connectivity index (χ1) is 8.84. The Hall–Kier alpha value is -0.860. The van der Waals surface area contributed by atoms with Crippen LogP contribution in [0.15, 0.2) is 0 Å². The summed E-state index contributed by atoms with van der Waals surface area (Å²) in [5.74, 6) is 0.808. The summed E-state index contributed by atoms with van der Waals surface area (Å²) in [6.45, 7) is 15.8. The van der Waals surface area contributed by atoms with Crippen LogP contribution < -0.4 is 5.32 Å². The average Bonchev–Trinajstić information content (AvgIpc) is 2.22. The predicted molar refractivity (Wildman–Crippen MR) is 84.5 cm³/mol. The Balaban J connectivity index is 4.74. The molecule has 1 atom stereocenters. The first kappa shape index (κ1) is 19.1. The zero-order chi connectivity index (χ0) is 16.1. The Morgan fingerprint density at radius 3 is 1.75 bits per heavy atom. The minimum atomic E-state index is -0.416. The van der Waals surface area contributed by atoms with E-state index < -0.39 is 5.41 Å². The lowest BCUT2D eigenvalue weighted by Gasteiger charge is -2.27. The van der Waals surface area contributed by atoms with Gasteiger partial charge in [-0.15, -0.1) is 0 Å². The van der Waals surface area contributed by atoms with Gasteiger partial charge in [0.15, 0.2) is 0 Å². The number of carbonyl (C=O) groups excluding carboxylic acids is 2. The van der Waals surface area contributed by atoms with E-state index in [4.69, 9.17) is 0 Å². The van der Waals surface area contributed by atoms with Crippen molar-refractivity contribution in [1.82, 2.24) is 5.32 Å². The summed E-state index contributed by atoms with van der Waals surface area (Å²) in [7, 11) is 0. The molecule has 3 nitrogen and oxygen atoms in total. The van der Waals surface area contributed by atoms with Gasteiger partial charge in [0, 0.05) is 23.3 Å². The molecule has 0 saturated carbocycles. The summed E-state index contributed by atoms with van der Waals surface area (Å²) >= 11 is 0. The normalized spacial score (nSPS) is 14.2. The standard InChI is InChI=1S/C17H33NO2/c1-12(2)9-10-13(11-14(19)16(3,4)5)18-15(20)17(6,7)8/h12-13H,9-11H2,1-8H3,(H,18,20)/t13-/m0/s1. The summed E-state index contributed by atoms with van der Waals surface area (Å²) in [6, 6.07) is -0.0455. The van der Waals surface area contributed by atoms with E-state index in [9.17, 15) is 9.59 Å². The molecule has 118 valence electrons. The molecule has 0 aliphatic heterocycles. The monoisotopic (exact) mass is 283 g/mol. The van der Waals surface area contributed by atoms with E-state index in [2.05, 4.69) is 19.2 Å². The molecule has 0 rings (SSSR count). The third kappa shape index (κ3) is 7.66. The van der Waals surface area contributed by atoms with E-state index in [1.807, 2.05) is 41.5 Å². The smallest absolute Gasteiger partial charge is 0.225 e.